The van der Waals surface area contributed by atoms with E-state index in [9.17, 15) is 4.39 Å². The highest BCUT2D eigenvalue weighted by atomic mass is 35.5. The van der Waals surface area contributed by atoms with E-state index in [0.717, 1.165) is 25.2 Å². The topological polar surface area (TPSA) is 15.3 Å². The fraction of sp³-hybridized carbons (Fsp3) is 0.647. The normalized spacial score (nSPS) is 27.0. The average molecular weight is 313 g/mol. The quantitative estimate of drug-likeness (QED) is 0.881. The van der Waals surface area contributed by atoms with Gasteiger partial charge >= 0.3 is 0 Å². The summed E-state index contributed by atoms with van der Waals surface area (Å²) in [5.74, 6) is 0.269. The third-order valence-electron chi connectivity index (χ3n) is 4.73. The van der Waals surface area contributed by atoms with Crippen LogP contribution in [0.25, 0.3) is 0 Å². The molecule has 1 aliphatic heterocycles. The molecule has 0 aliphatic carbocycles. The molecule has 1 N–H and O–H groups in total. The lowest BCUT2D eigenvalue weighted by Gasteiger charge is -2.43. The number of rotatable bonds is 5. The van der Waals surface area contributed by atoms with E-state index in [0.29, 0.717) is 18.0 Å². The highest BCUT2D eigenvalue weighted by Crippen LogP contribution is 2.26. The third-order valence-corrected chi connectivity index (χ3v) is 5.01. The molecule has 2 rings (SSSR count). The number of likely N-dealkylation sites (tertiary alicyclic amines) is 1. The van der Waals surface area contributed by atoms with Gasteiger partial charge in [-0.3, -0.25) is 4.90 Å². The molecule has 0 saturated carbocycles. The minimum absolute atomic E-state index is 0.215. The largest absolute Gasteiger partial charge is 0.314 e. The molecule has 1 fully saturated rings. The Bertz CT molecular complexity index is 466. The smallest absolute Gasteiger partial charge is 0.141 e. The van der Waals surface area contributed by atoms with Crippen LogP contribution in [0.3, 0.4) is 0 Å². The Morgan fingerprint density at radius 2 is 2.14 bits per heavy atom. The summed E-state index contributed by atoms with van der Waals surface area (Å²) in [5, 5.41) is 3.87. The molecule has 0 aromatic heterocycles. The van der Waals surface area contributed by atoms with Crippen molar-refractivity contribution in [2.24, 2.45) is 5.92 Å². The fourth-order valence-corrected chi connectivity index (χ4v) is 3.36. The average Bonchev–Trinajstić information content (AvgIpc) is 2.47. The summed E-state index contributed by atoms with van der Waals surface area (Å²) >= 11 is 5.87. The summed E-state index contributed by atoms with van der Waals surface area (Å²) in [7, 11) is 0. The molecule has 21 heavy (non-hydrogen) atoms. The van der Waals surface area contributed by atoms with Gasteiger partial charge in [0, 0.05) is 25.2 Å². The Labute approximate surface area is 132 Å². The van der Waals surface area contributed by atoms with Crippen LogP contribution >= 0.6 is 11.6 Å². The molecule has 1 aromatic carbocycles. The number of hydrogen-bond donors (Lipinski definition) is 1. The lowest BCUT2D eigenvalue weighted by Crippen LogP contribution is -2.53. The number of benzene rings is 1. The Hall–Kier alpha value is -0.640. The van der Waals surface area contributed by atoms with Crippen LogP contribution < -0.4 is 5.32 Å². The highest BCUT2D eigenvalue weighted by Gasteiger charge is 2.31. The lowest BCUT2D eigenvalue weighted by molar-refractivity contribution is 0.0785. The molecular weight excluding hydrogens is 287 g/mol. The second-order valence-electron chi connectivity index (χ2n) is 6.17. The van der Waals surface area contributed by atoms with Gasteiger partial charge in [-0.25, -0.2) is 4.39 Å². The Balaban J connectivity index is 1.97. The van der Waals surface area contributed by atoms with E-state index in [4.69, 9.17) is 11.6 Å². The van der Waals surface area contributed by atoms with Gasteiger partial charge in [0.2, 0.25) is 0 Å². The molecule has 1 aromatic rings. The molecule has 0 amide bonds. The van der Waals surface area contributed by atoms with Crippen LogP contribution in [0.1, 0.15) is 39.2 Å². The number of hydrogen-bond acceptors (Lipinski definition) is 2. The number of nitrogens with zero attached hydrogens (tertiary/aromatic N) is 1. The van der Waals surface area contributed by atoms with E-state index in [1.54, 1.807) is 6.07 Å². The Morgan fingerprint density at radius 1 is 1.38 bits per heavy atom. The van der Waals surface area contributed by atoms with E-state index in [2.05, 4.69) is 31.0 Å². The maximum absolute atomic E-state index is 13.2. The summed E-state index contributed by atoms with van der Waals surface area (Å²) in [4.78, 5) is 2.47. The molecule has 1 saturated heterocycles. The van der Waals surface area contributed by atoms with Crippen molar-refractivity contribution < 1.29 is 4.39 Å². The monoisotopic (exact) mass is 312 g/mol. The van der Waals surface area contributed by atoms with Gasteiger partial charge in [0.1, 0.15) is 5.82 Å². The summed E-state index contributed by atoms with van der Waals surface area (Å²) < 4.78 is 13.2. The van der Waals surface area contributed by atoms with Crippen LogP contribution in [0.15, 0.2) is 18.2 Å². The summed E-state index contributed by atoms with van der Waals surface area (Å²) in [5.41, 5.74) is 1.08. The predicted molar refractivity (Wildman–Crippen MR) is 87.1 cm³/mol. The van der Waals surface area contributed by atoms with E-state index in [1.165, 1.54) is 18.9 Å². The molecule has 0 spiro atoms. The molecule has 2 nitrogen and oxygen atoms in total. The van der Waals surface area contributed by atoms with Crippen molar-refractivity contribution in [1.82, 2.24) is 10.2 Å². The van der Waals surface area contributed by atoms with E-state index in [1.807, 2.05) is 6.07 Å². The molecule has 1 heterocycles. The molecule has 3 atom stereocenters. The van der Waals surface area contributed by atoms with Crippen molar-refractivity contribution >= 4 is 11.6 Å². The van der Waals surface area contributed by atoms with Gasteiger partial charge in [-0.1, -0.05) is 31.5 Å². The maximum Gasteiger partial charge on any atom is 0.141 e. The number of nitrogens with one attached hydrogen (secondary N) is 1. The van der Waals surface area contributed by atoms with E-state index < -0.39 is 0 Å². The number of piperidine rings is 1. The van der Waals surface area contributed by atoms with Crippen molar-refractivity contribution in [2.45, 2.75) is 52.2 Å². The summed E-state index contributed by atoms with van der Waals surface area (Å²) in [6.45, 7) is 9.81. The fourth-order valence-electron chi connectivity index (χ4n) is 3.15. The van der Waals surface area contributed by atoms with Crippen LogP contribution in [0.5, 0.6) is 0 Å². The second kappa shape index (κ2) is 7.57. The van der Waals surface area contributed by atoms with Crippen molar-refractivity contribution in [3.8, 4) is 0 Å². The number of halogens is 2. The standard InChI is InChI=1S/C17H26ClFN2/c1-4-8-20-17-7-9-21(13(3)12(17)2)11-14-5-6-16(19)15(18)10-14/h5-6,10,12-13,17,20H,4,7-9,11H2,1-3H3. The van der Waals surface area contributed by atoms with Gasteiger partial charge in [-0.15, -0.1) is 0 Å². The van der Waals surface area contributed by atoms with Gasteiger partial charge in [-0.2, -0.15) is 0 Å². The maximum atomic E-state index is 13.2. The van der Waals surface area contributed by atoms with Gasteiger partial charge in [-0.05, 0) is 49.9 Å². The summed E-state index contributed by atoms with van der Waals surface area (Å²) in [6, 6.07) is 6.15. The van der Waals surface area contributed by atoms with Crippen molar-refractivity contribution in [1.29, 1.82) is 0 Å². The third kappa shape index (κ3) is 4.18. The predicted octanol–water partition coefficient (Wildman–Crippen LogP) is 4.08. The molecule has 4 heteroatoms. The lowest BCUT2D eigenvalue weighted by atomic mass is 9.86. The van der Waals surface area contributed by atoms with Crippen LogP contribution in [-0.4, -0.2) is 30.1 Å². The van der Waals surface area contributed by atoms with Crippen molar-refractivity contribution in [3.05, 3.63) is 34.6 Å². The zero-order chi connectivity index (χ0) is 15.4. The van der Waals surface area contributed by atoms with E-state index in [-0.39, 0.29) is 10.8 Å². The first-order valence-corrected chi connectivity index (χ1v) is 8.32. The molecule has 1 aliphatic rings. The van der Waals surface area contributed by atoms with Crippen LogP contribution in [0.2, 0.25) is 5.02 Å². The van der Waals surface area contributed by atoms with Crippen LogP contribution in [0.4, 0.5) is 4.39 Å². The van der Waals surface area contributed by atoms with E-state index >= 15 is 0 Å². The van der Waals surface area contributed by atoms with Gasteiger partial charge in [0.25, 0.3) is 0 Å². The van der Waals surface area contributed by atoms with Crippen LogP contribution in [-0.2, 0) is 6.54 Å². The molecule has 0 bridgehead atoms. The molecular formula is C17H26ClFN2. The van der Waals surface area contributed by atoms with Gasteiger partial charge < -0.3 is 5.32 Å². The minimum atomic E-state index is -0.343. The zero-order valence-electron chi connectivity index (χ0n) is 13.2. The van der Waals surface area contributed by atoms with Crippen LogP contribution in [0, 0.1) is 11.7 Å². The highest BCUT2D eigenvalue weighted by molar-refractivity contribution is 6.30. The zero-order valence-corrected chi connectivity index (χ0v) is 14.0. The SMILES string of the molecule is CCCNC1CCN(Cc2ccc(F)c(Cl)c2)C(C)C1C. The minimum Gasteiger partial charge on any atom is -0.314 e. The molecule has 118 valence electrons. The Kier molecular flexibility index (Phi) is 6.03. The van der Waals surface area contributed by atoms with Crippen molar-refractivity contribution in [2.75, 3.05) is 13.1 Å². The summed E-state index contributed by atoms with van der Waals surface area (Å²) in [6.07, 6.45) is 2.34. The first-order chi connectivity index (χ1) is 10.0. The Morgan fingerprint density at radius 3 is 2.81 bits per heavy atom. The molecule has 0 radical (unpaired) electrons. The van der Waals surface area contributed by atoms with Crippen molar-refractivity contribution in [3.63, 3.8) is 0 Å². The molecule has 3 unspecified atom stereocenters. The van der Waals surface area contributed by atoms with Gasteiger partial charge in [0.05, 0.1) is 5.02 Å². The second-order valence-corrected chi connectivity index (χ2v) is 6.58. The first kappa shape index (κ1) is 16.7. The van der Waals surface area contributed by atoms with Gasteiger partial charge in [0.15, 0.2) is 0 Å². The first-order valence-electron chi connectivity index (χ1n) is 7.94.